The number of carbonyl (C=O) groups excluding carboxylic acids is 1. The van der Waals surface area contributed by atoms with Crippen LogP contribution in [-0.4, -0.2) is 40.7 Å². The van der Waals surface area contributed by atoms with Gasteiger partial charge in [0.1, 0.15) is 9.90 Å². The number of sulfone groups is 1. The number of ether oxygens (including phenoxy) is 1. The Morgan fingerprint density at radius 1 is 1.33 bits per heavy atom. The molecule has 0 spiro atoms. The Labute approximate surface area is 129 Å². The van der Waals surface area contributed by atoms with Crippen LogP contribution in [0.3, 0.4) is 0 Å². The molecule has 3 N–H and O–H groups in total. The van der Waals surface area contributed by atoms with Gasteiger partial charge in [0.2, 0.25) is 0 Å². The first-order valence-corrected chi connectivity index (χ1v) is 9.36. The van der Waals surface area contributed by atoms with Crippen LogP contribution in [0.4, 0.5) is 10.7 Å². The first-order valence-electron chi connectivity index (χ1n) is 6.65. The number of carbonyl (C=O) groups is 1. The number of nitrogen functional groups attached to an aromatic ring is 1. The summed E-state index contributed by atoms with van der Waals surface area (Å²) < 4.78 is 28.7. The van der Waals surface area contributed by atoms with Gasteiger partial charge in [-0.25, -0.2) is 8.42 Å². The smallest absolute Gasteiger partial charge is 0.180 e. The summed E-state index contributed by atoms with van der Waals surface area (Å²) in [5, 5.41) is 3.53. The van der Waals surface area contributed by atoms with Crippen LogP contribution in [0.5, 0.6) is 0 Å². The molecule has 0 amide bonds. The highest BCUT2D eigenvalue weighted by atomic mass is 32.2. The Bertz CT molecular complexity index is 594. The molecule has 0 fully saturated rings. The Hall–Kier alpha value is -1.12. The van der Waals surface area contributed by atoms with Crippen molar-refractivity contribution in [2.45, 2.75) is 31.1 Å². The van der Waals surface area contributed by atoms with Crippen LogP contribution in [0.2, 0.25) is 0 Å². The molecule has 1 heterocycles. The van der Waals surface area contributed by atoms with E-state index in [4.69, 9.17) is 10.5 Å². The maximum Gasteiger partial charge on any atom is 0.180 e. The SMILES string of the molecule is COCCCCCNc1sc(C(C)=O)c(N)c1S(C)(=O)=O. The standard InChI is InChI=1S/C13H22N2O4S2/c1-9(16)11-10(14)12(21(3,17)18)13(20-11)15-7-5-4-6-8-19-2/h15H,4-8,14H2,1-3H3. The number of hydrogen-bond acceptors (Lipinski definition) is 7. The summed E-state index contributed by atoms with van der Waals surface area (Å²) in [7, 11) is -1.82. The largest absolute Gasteiger partial charge is 0.396 e. The third-order valence-electron chi connectivity index (χ3n) is 2.90. The summed E-state index contributed by atoms with van der Waals surface area (Å²) in [6.45, 7) is 2.72. The van der Waals surface area contributed by atoms with Crippen LogP contribution in [0.1, 0.15) is 35.9 Å². The number of nitrogens with one attached hydrogen (secondary N) is 1. The van der Waals surface area contributed by atoms with Crippen molar-refractivity contribution >= 4 is 37.6 Å². The lowest BCUT2D eigenvalue weighted by atomic mass is 10.2. The van der Waals surface area contributed by atoms with Crippen molar-refractivity contribution in [1.29, 1.82) is 0 Å². The normalized spacial score (nSPS) is 11.6. The number of thiophene rings is 1. The zero-order valence-electron chi connectivity index (χ0n) is 12.6. The van der Waals surface area contributed by atoms with E-state index >= 15 is 0 Å². The van der Waals surface area contributed by atoms with E-state index in [0.717, 1.165) is 43.5 Å². The summed E-state index contributed by atoms with van der Waals surface area (Å²) in [5.41, 5.74) is 5.87. The van der Waals surface area contributed by atoms with Crippen molar-refractivity contribution in [2.24, 2.45) is 0 Å². The van der Waals surface area contributed by atoms with Crippen molar-refractivity contribution < 1.29 is 17.9 Å². The molecule has 1 rings (SSSR count). The first-order chi connectivity index (χ1) is 9.79. The molecule has 0 aliphatic heterocycles. The third-order valence-corrected chi connectivity index (χ3v) is 5.46. The molecule has 0 aliphatic rings. The maximum absolute atomic E-state index is 11.8. The molecule has 0 bridgehead atoms. The van der Waals surface area contributed by atoms with E-state index in [2.05, 4.69) is 5.32 Å². The van der Waals surface area contributed by atoms with Gasteiger partial charge in [-0.05, 0) is 19.3 Å². The predicted molar refractivity (Wildman–Crippen MR) is 86.1 cm³/mol. The molecular weight excluding hydrogens is 312 g/mol. The fourth-order valence-corrected chi connectivity index (χ4v) is 4.42. The summed E-state index contributed by atoms with van der Waals surface area (Å²) in [4.78, 5) is 11.8. The molecule has 0 aromatic carbocycles. The molecule has 21 heavy (non-hydrogen) atoms. The fourth-order valence-electron chi connectivity index (χ4n) is 1.92. The highest BCUT2D eigenvalue weighted by Gasteiger charge is 2.25. The van der Waals surface area contributed by atoms with Crippen LogP contribution in [-0.2, 0) is 14.6 Å². The van der Waals surface area contributed by atoms with E-state index in [0.29, 0.717) is 11.5 Å². The zero-order chi connectivity index (χ0) is 16.0. The highest BCUT2D eigenvalue weighted by Crippen LogP contribution is 2.39. The third kappa shape index (κ3) is 4.98. The lowest BCUT2D eigenvalue weighted by Crippen LogP contribution is -2.07. The van der Waals surface area contributed by atoms with Crippen LogP contribution in [0.25, 0.3) is 0 Å². The van der Waals surface area contributed by atoms with Gasteiger partial charge in [-0.2, -0.15) is 0 Å². The first kappa shape index (κ1) is 17.9. The highest BCUT2D eigenvalue weighted by molar-refractivity contribution is 7.91. The van der Waals surface area contributed by atoms with Crippen LogP contribution in [0, 0.1) is 0 Å². The van der Waals surface area contributed by atoms with Gasteiger partial charge < -0.3 is 15.8 Å². The average Bonchev–Trinajstić information content (AvgIpc) is 2.70. The van der Waals surface area contributed by atoms with Crippen molar-refractivity contribution in [2.75, 3.05) is 37.6 Å². The van der Waals surface area contributed by atoms with Crippen LogP contribution in [0.15, 0.2) is 4.90 Å². The van der Waals surface area contributed by atoms with E-state index in [1.807, 2.05) is 0 Å². The number of methoxy groups -OCH3 is 1. The maximum atomic E-state index is 11.8. The Balaban J connectivity index is 2.82. The Kier molecular flexibility index (Phi) is 6.63. The van der Waals surface area contributed by atoms with E-state index in [1.54, 1.807) is 7.11 Å². The van der Waals surface area contributed by atoms with E-state index in [1.165, 1.54) is 6.92 Å². The summed E-state index contributed by atoms with van der Waals surface area (Å²) >= 11 is 1.10. The van der Waals surface area contributed by atoms with Gasteiger partial charge in [-0.3, -0.25) is 4.79 Å². The van der Waals surface area contributed by atoms with Crippen molar-refractivity contribution in [3.63, 3.8) is 0 Å². The summed E-state index contributed by atoms with van der Waals surface area (Å²) in [6, 6.07) is 0. The van der Waals surface area contributed by atoms with Gasteiger partial charge >= 0.3 is 0 Å². The number of Topliss-reactive ketones (excluding diaryl/α,β-unsaturated/α-hetero) is 1. The minimum atomic E-state index is -3.48. The molecule has 1 aromatic heterocycles. The Morgan fingerprint density at radius 2 is 2.00 bits per heavy atom. The molecule has 0 aliphatic carbocycles. The lowest BCUT2D eigenvalue weighted by Gasteiger charge is -2.06. The molecule has 0 saturated carbocycles. The molecule has 120 valence electrons. The number of rotatable bonds is 9. The quantitative estimate of drug-likeness (QED) is 0.530. The molecule has 0 radical (unpaired) electrons. The topological polar surface area (TPSA) is 98.5 Å². The Morgan fingerprint density at radius 3 is 2.52 bits per heavy atom. The van der Waals surface area contributed by atoms with E-state index < -0.39 is 9.84 Å². The van der Waals surface area contributed by atoms with E-state index in [-0.39, 0.29) is 21.2 Å². The summed E-state index contributed by atoms with van der Waals surface area (Å²) in [6.07, 6.45) is 3.93. The van der Waals surface area contributed by atoms with Crippen molar-refractivity contribution in [3.8, 4) is 0 Å². The minimum absolute atomic E-state index is 0.0367. The molecule has 1 aromatic rings. The predicted octanol–water partition coefficient (Wildman–Crippen LogP) is 2.17. The van der Waals surface area contributed by atoms with Gasteiger partial charge in [0.15, 0.2) is 15.6 Å². The zero-order valence-corrected chi connectivity index (χ0v) is 14.2. The van der Waals surface area contributed by atoms with Crippen LogP contribution >= 0.6 is 11.3 Å². The van der Waals surface area contributed by atoms with Crippen molar-refractivity contribution in [1.82, 2.24) is 0 Å². The minimum Gasteiger partial charge on any atom is -0.396 e. The van der Waals surface area contributed by atoms with Crippen molar-refractivity contribution in [3.05, 3.63) is 4.88 Å². The molecule has 6 nitrogen and oxygen atoms in total. The lowest BCUT2D eigenvalue weighted by molar-refractivity contribution is 0.102. The number of ketones is 1. The second-order valence-corrected chi connectivity index (χ2v) is 7.78. The van der Waals surface area contributed by atoms with Crippen LogP contribution < -0.4 is 11.1 Å². The van der Waals surface area contributed by atoms with Gasteiger partial charge in [-0.15, -0.1) is 11.3 Å². The van der Waals surface area contributed by atoms with Gasteiger partial charge in [0, 0.05) is 33.4 Å². The monoisotopic (exact) mass is 334 g/mol. The molecule has 0 unspecified atom stereocenters. The average molecular weight is 334 g/mol. The van der Waals surface area contributed by atoms with Gasteiger partial charge in [0.05, 0.1) is 10.6 Å². The second kappa shape index (κ2) is 7.77. The van der Waals surface area contributed by atoms with E-state index in [9.17, 15) is 13.2 Å². The second-order valence-electron chi connectivity index (χ2n) is 4.81. The molecule has 0 saturated heterocycles. The molecular formula is C13H22N2O4S2. The van der Waals surface area contributed by atoms with Gasteiger partial charge in [0.25, 0.3) is 0 Å². The molecule has 8 heteroatoms. The summed E-state index contributed by atoms with van der Waals surface area (Å²) in [5.74, 6) is -0.226. The fraction of sp³-hybridized carbons (Fsp3) is 0.615. The molecule has 0 atom stereocenters. The number of nitrogens with two attached hydrogens (primary N) is 1. The van der Waals surface area contributed by atoms with Gasteiger partial charge in [-0.1, -0.05) is 0 Å². The number of anilines is 2. The number of hydrogen-bond donors (Lipinski definition) is 2. The number of unbranched alkanes of at least 4 members (excludes halogenated alkanes) is 2.